The SMILES string of the molecule is O=C(NCCc1cnn(-c2ccccc2)c1)c1cc(Cl)c2c(c1)OCCCO2. The van der Waals surface area contributed by atoms with Crippen molar-refractivity contribution in [1.82, 2.24) is 15.1 Å². The van der Waals surface area contributed by atoms with Crippen LogP contribution < -0.4 is 14.8 Å². The number of amides is 1. The summed E-state index contributed by atoms with van der Waals surface area (Å²) in [7, 11) is 0. The van der Waals surface area contributed by atoms with E-state index < -0.39 is 0 Å². The number of hydrogen-bond donors (Lipinski definition) is 1. The van der Waals surface area contributed by atoms with Crippen molar-refractivity contribution in [2.24, 2.45) is 0 Å². The minimum Gasteiger partial charge on any atom is -0.489 e. The predicted molar refractivity (Wildman–Crippen MR) is 107 cm³/mol. The molecule has 1 aliphatic rings. The second-order valence-corrected chi connectivity index (χ2v) is 6.88. The van der Waals surface area contributed by atoms with E-state index in [0.29, 0.717) is 48.3 Å². The molecule has 0 radical (unpaired) electrons. The number of hydrogen-bond acceptors (Lipinski definition) is 4. The maximum atomic E-state index is 12.5. The summed E-state index contributed by atoms with van der Waals surface area (Å²) in [5.74, 6) is 0.816. The maximum absolute atomic E-state index is 12.5. The van der Waals surface area contributed by atoms with E-state index in [-0.39, 0.29) is 5.91 Å². The standard InChI is InChI=1S/C21H20ClN3O3/c22-18-11-16(12-19-20(18)28-10-4-9-27-19)21(26)23-8-7-15-13-24-25(14-15)17-5-2-1-3-6-17/h1-3,5-6,11-14H,4,7-10H2,(H,23,26). The highest BCUT2D eigenvalue weighted by Gasteiger charge is 2.18. The van der Waals surface area contributed by atoms with Crippen molar-refractivity contribution in [3.63, 3.8) is 0 Å². The van der Waals surface area contributed by atoms with Crippen LogP contribution in [-0.2, 0) is 6.42 Å². The number of halogens is 1. The summed E-state index contributed by atoms with van der Waals surface area (Å²) in [5.41, 5.74) is 2.50. The van der Waals surface area contributed by atoms with Gasteiger partial charge in [-0.15, -0.1) is 0 Å². The van der Waals surface area contributed by atoms with Gasteiger partial charge in [-0.05, 0) is 36.2 Å². The molecule has 1 amide bonds. The smallest absolute Gasteiger partial charge is 0.251 e. The van der Waals surface area contributed by atoms with E-state index >= 15 is 0 Å². The number of carbonyl (C=O) groups is 1. The molecular formula is C21H20ClN3O3. The molecular weight excluding hydrogens is 378 g/mol. The number of carbonyl (C=O) groups excluding carboxylic acids is 1. The van der Waals surface area contributed by atoms with E-state index in [1.54, 1.807) is 12.1 Å². The Balaban J connectivity index is 1.37. The predicted octanol–water partition coefficient (Wildman–Crippen LogP) is 3.66. The first-order valence-corrected chi connectivity index (χ1v) is 9.55. The lowest BCUT2D eigenvalue weighted by molar-refractivity contribution is 0.0953. The number of nitrogens with zero attached hydrogens (tertiary/aromatic N) is 2. The van der Waals surface area contributed by atoms with Crippen LogP contribution in [0.4, 0.5) is 0 Å². The van der Waals surface area contributed by atoms with E-state index in [1.807, 2.05) is 47.4 Å². The highest BCUT2D eigenvalue weighted by atomic mass is 35.5. The monoisotopic (exact) mass is 397 g/mol. The first kappa shape index (κ1) is 18.4. The van der Waals surface area contributed by atoms with Gasteiger partial charge in [-0.3, -0.25) is 4.79 Å². The lowest BCUT2D eigenvalue weighted by Gasteiger charge is -2.11. The Labute approximate surface area is 168 Å². The number of aromatic nitrogens is 2. The van der Waals surface area contributed by atoms with Gasteiger partial charge >= 0.3 is 0 Å². The number of para-hydroxylation sites is 1. The van der Waals surface area contributed by atoms with Crippen LogP contribution in [0, 0.1) is 0 Å². The molecule has 1 N–H and O–H groups in total. The maximum Gasteiger partial charge on any atom is 0.251 e. The van der Waals surface area contributed by atoms with Crippen LogP contribution in [0.1, 0.15) is 22.3 Å². The van der Waals surface area contributed by atoms with Gasteiger partial charge in [0.1, 0.15) is 0 Å². The number of nitrogens with one attached hydrogen (secondary N) is 1. The third kappa shape index (κ3) is 4.12. The van der Waals surface area contributed by atoms with Crippen molar-refractivity contribution in [2.45, 2.75) is 12.8 Å². The fourth-order valence-corrected chi connectivity index (χ4v) is 3.26. The largest absolute Gasteiger partial charge is 0.489 e. The third-order valence-corrected chi connectivity index (χ3v) is 4.70. The summed E-state index contributed by atoms with van der Waals surface area (Å²) in [6.07, 6.45) is 5.23. The molecule has 2 aromatic carbocycles. The van der Waals surface area contributed by atoms with E-state index in [0.717, 1.165) is 17.7 Å². The molecule has 28 heavy (non-hydrogen) atoms. The molecule has 0 atom stereocenters. The topological polar surface area (TPSA) is 65.4 Å². The molecule has 0 aliphatic carbocycles. The molecule has 1 aliphatic heterocycles. The fraction of sp³-hybridized carbons (Fsp3) is 0.238. The molecule has 6 nitrogen and oxygen atoms in total. The second-order valence-electron chi connectivity index (χ2n) is 6.47. The van der Waals surface area contributed by atoms with Crippen molar-refractivity contribution < 1.29 is 14.3 Å². The Morgan fingerprint density at radius 1 is 1.18 bits per heavy atom. The molecule has 0 unspecified atom stereocenters. The van der Waals surface area contributed by atoms with E-state index in [1.165, 1.54) is 0 Å². The van der Waals surface area contributed by atoms with Crippen LogP contribution in [0.25, 0.3) is 5.69 Å². The first-order chi connectivity index (χ1) is 13.7. The molecule has 144 valence electrons. The summed E-state index contributed by atoms with van der Waals surface area (Å²) in [6, 6.07) is 13.2. The van der Waals surface area contributed by atoms with Gasteiger partial charge in [0, 0.05) is 24.7 Å². The molecule has 1 aromatic heterocycles. The van der Waals surface area contributed by atoms with Gasteiger partial charge in [0.05, 0.1) is 30.1 Å². The van der Waals surface area contributed by atoms with E-state index in [9.17, 15) is 4.79 Å². The molecule has 2 heterocycles. The second kappa shape index (κ2) is 8.35. The molecule has 0 fully saturated rings. The van der Waals surface area contributed by atoms with Gasteiger partial charge < -0.3 is 14.8 Å². The average Bonchev–Trinajstić information content (AvgIpc) is 3.05. The van der Waals surface area contributed by atoms with Gasteiger partial charge in [-0.25, -0.2) is 4.68 Å². The van der Waals surface area contributed by atoms with Crippen molar-refractivity contribution in [1.29, 1.82) is 0 Å². The molecule has 7 heteroatoms. The summed E-state index contributed by atoms with van der Waals surface area (Å²) in [6.45, 7) is 1.58. The lowest BCUT2D eigenvalue weighted by atomic mass is 10.1. The minimum atomic E-state index is -0.201. The molecule has 0 saturated heterocycles. The number of ether oxygens (including phenoxy) is 2. The van der Waals surface area contributed by atoms with Gasteiger partial charge in [0.25, 0.3) is 5.91 Å². The lowest BCUT2D eigenvalue weighted by Crippen LogP contribution is -2.25. The number of fused-ring (bicyclic) bond motifs is 1. The van der Waals surface area contributed by atoms with Gasteiger partial charge in [-0.1, -0.05) is 29.8 Å². The number of rotatable bonds is 5. The summed E-state index contributed by atoms with van der Waals surface area (Å²) in [5, 5.41) is 7.67. The Morgan fingerprint density at radius 2 is 2.00 bits per heavy atom. The van der Waals surface area contributed by atoms with Crippen molar-refractivity contribution in [3.05, 3.63) is 71.0 Å². The quantitative estimate of drug-likeness (QED) is 0.713. The summed E-state index contributed by atoms with van der Waals surface area (Å²) < 4.78 is 13.1. The normalized spacial score (nSPS) is 13.0. The number of benzene rings is 2. The van der Waals surface area contributed by atoms with E-state index in [2.05, 4.69) is 10.4 Å². The van der Waals surface area contributed by atoms with Gasteiger partial charge in [0.2, 0.25) is 0 Å². The van der Waals surface area contributed by atoms with Crippen LogP contribution >= 0.6 is 11.6 Å². The van der Waals surface area contributed by atoms with Crippen LogP contribution in [0.15, 0.2) is 54.9 Å². The molecule has 0 saturated carbocycles. The zero-order chi connectivity index (χ0) is 19.3. The third-order valence-electron chi connectivity index (χ3n) is 4.42. The Hall–Kier alpha value is -2.99. The average molecular weight is 398 g/mol. The van der Waals surface area contributed by atoms with E-state index in [4.69, 9.17) is 21.1 Å². The molecule has 3 aromatic rings. The summed E-state index contributed by atoms with van der Waals surface area (Å²) in [4.78, 5) is 12.5. The zero-order valence-corrected chi connectivity index (χ0v) is 16.0. The van der Waals surface area contributed by atoms with Gasteiger partial charge in [-0.2, -0.15) is 5.10 Å². The fourth-order valence-electron chi connectivity index (χ4n) is 3.00. The summed E-state index contributed by atoms with van der Waals surface area (Å²) >= 11 is 6.26. The van der Waals surface area contributed by atoms with Crippen molar-refractivity contribution in [2.75, 3.05) is 19.8 Å². The van der Waals surface area contributed by atoms with Gasteiger partial charge in [0.15, 0.2) is 11.5 Å². The Bertz CT molecular complexity index is 972. The van der Waals surface area contributed by atoms with Crippen LogP contribution in [0.5, 0.6) is 11.5 Å². The van der Waals surface area contributed by atoms with Crippen LogP contribution in [-0.4, -0.2) is 35.4 Å². The zero-order valence-electron chi connectivity index (χ0n) is 15.2. The first-order valence-electron chi connectivity index (χ1n) is 9.17. The minimum absolute atomic E-state index is 0.201. The Morgan fingerprint density at radius 3 is 2.86 bits per heavy atom. The highest BCUT2D eigenvalue weighted by molar-refractivity contribution is 6.32. The van der Waals surface area contributed by atoms with Crippen LogP contribution in [0.2, 0.25) is 5.02 Å². The Kier molecular flexibility index (Phi) is 5.48. The van der Waals surface area contributed by atoms with Crippen molar-refractivity contribution in [3.8, 4) is 17.2 Å². The van der Waals surface area contributed by atoms with Crippen LogP contribution in [0.3, 0.4) is 0 Å². The molecule has 4 rings (SSSR count). The molecule has 0 bridgehead atoms. The van der Waals surface area contributed by atoms with Crippen molar-refractivity contribution >= 4 is 17.5 Å². The highest BCUT2D eigenvalue weighted by Crippen LogP contribution is 2.37. The molecule has 0 spiro atoms.